The van der Waals surface area contributed by atoms with E-state index in [0.717, 1.165) is 12.3 Å². The van der Waals surface area contributed by atoms with Crippen LogP contribution in [0.25, 0.3) is 0 Å². The van der Waals surface area contributed by atoms with Crippen molar-refractivity contribution >= 4 is 15.7 Å². The van der Waals surface area contributed by atoms with Gasteiger partial charge in [0.05, 0.1) is 5.56 Å². The summed E-state index contributed by atoms with van der Waals surface area (Å²) >= 11 is 0. The van der Waals surface area contributed by atoms with Crippen LogP contribution in [-0.2, 0) is 16.4 Å². The molecule has 0 N–H and O–H groups in total. The topological polar surface area (TPSA) is 85.8 Å². The first-order valence-corrected chi connectivity index (χ1v) is 10.1. The Kier molecular flexibility index (Phi) is 5.69. The molecule has 0 atom stereocenters. The molecule has 1 aliphatic heterocycles. The molecule has 1 aromatic carbocycles. The average molecular weight is 430 g/mol. The van der Waals surface area contributed by atoms with E-state index in [1.807, 2.05) is 0 Å². The number of pyridine rings is 1. The van der Waals surface area contributed by atoms with E-state index in [1.165, 1.54) is 11.0 Å². The van der Waals surface area contributed by atoms with Gasteiger partial charge in [-0.3, -0.25) is 4.79 Å². The van der Waals surface area contributed by atoms with Crippen molar-refractivity contribution in [2.24, 2.45) is 0 Å². The molecule has 0 unspecified atom stereocenters. The zero-order chi connectivity index (χ0) is 21.2. The molecule has 0 saturated heterocycles. The van der Waals surface area contributed by atoms with Crippen LogP contribution in [0.5, 0.6) is 11.5 Å². The normalized spacial score (nSPS) is 13.8. The van der Waals surface area contributed by atoms with E-state index in [0.29, 0.717) is 30.3 Å². The van der Waals surface area contributed by atoms with Crippen molar-refractivity contribution in [2.45, 2.75) is 24.0 Å². The van der Waals surface area contributed by atoms with Gasteiger partial charge in [-0.25, -0.2) is 13.4 Å². The molecule has 0 saturated carbocycles. The number of carbonyl (C=O) groups is 1. The van der Waals surface area contributed by atoms with Crippen molar-refractivity contribution in [3.8, 4) is 11.5 Å². The lowest BCUT2D eigenvalue weighted by Gasteiger charge is -2.26. The maximum Gasteiger partial charge on any atom is 0.503 e. The van der Waals surface area contributed by atoms with E-state index in [2.05, 4.69) is 4.98 Å². The Morgan fingerprint density at radius 1 is 1.17 bits per heavy atom. The molecule has 0 fully saturated rings. The third-order valence-electron chi connectivity index (χ3n) is 4.24. The van der Waals surface area contributed by atoms with Crippen molar-refractivity contribution in [3.63, 3.8) is 0 Å². The maximum atomic E-state index is 13.0. The van der Waals surface area contributed by atoms with Crippen LogP contribution in [0.3, 0.4) is 0 Å². The van der Waals surface area contributed by atoms with Gasteiger partial charge in [0, 0.05) is 24.8 Å². The molecule has 1 aromatic heterocycles. The third-order valence-corrected chi connectivity index (χ3v) is 5.68. The largest absolute Gasteiger partial charge is 0.503 e. The molecule has 29 heavy (non-hydrogen) atoms. The van der Waals surface area contributed by atoms with Crippen LogP contribution in [0.15, 0.2) is 41.6 Å². The number of nitrogens with zero attached hydrogens (tertiary/aromatic N) is 2. The van der Waals surface area contributed by atoms with Crippen molar-refractivity contribution in [2.75, 3.05) is 19.8 Å². The van der Waals surface area contributed by atoms with E-state index in [9.17, 15) is 26.4 Å². The van der Waals surface area contributed by atoms with Gasteiger partial charge in [-0.05, 0) is 25.1 Å². The number of ether oxygens (including phenoxy) is 2. The molecule has 1 amide bonds. The average Bonchev–Trinajstić information content (AvgIpc) is 2.70. The van der Waals surface area contributed by atoms with Gasteiger partial charge in [-0.2, -0.15) is 13.2 Å². The summed E-state index contributed by atoms with van der Waals surface area (Å²) in [5, 5.41) is -1.31. The Balaban J connectivity index is 1.97. The smallest absolute Gasteiger partial charge is 0.486 e. The summed E-state index contributed by atoms with van der Waals surface area (Å²) < 4.78 is 73.8. The van der Waals surface area contributed by atoms with E-state index in [1.54, 1.807) is 25.1 Å². The van der Waals surface area contributed by atoms with Crippen molar-refractivity contribution in [1.29, 1.82) is 0 Å². The summed E-state index contributed by atoms with van der Waals surface area (Å²) in [5.74, 6) is 0.0519. The second-order valence-corrected chi connectivity index (χ2v) is 7.92. The fraction of sp³-hybridized carbons (Fsp3) is 0.333. The minimum atomic E-state index is -5.78. The molecule has 0 spiro atoms. The van der Waals surface area contributed by atoms with E-state index < -0.39 is 31.8 Å². The summed E-state index contributed by atoms with van der Waals surface area (Å²) in [6, 6.07) is 7.31. The molecule has 2 heterocycles. The highest BCUT2D eigenvalue weighted by Crippen LogP contribution is 2.35. The predicted octanol–water partition coefficient (Wildman–Crippen LogP) is 2.81. The number of amides is 1. The molecule has 0 radical (unpaired) electrons. The second kappa shape index (κ2) is 7.90. The second-order valence-electron chi connectivity index (χ2n) is 6.07. The van der Waals surface area contributed by atoms with Crippen LogP contribution in [0.4, 0.5) is 13.2 Å². The Morgan fingerprint density at radius 2 is 1.90 bits per heavy atom. The van der Waals surface area contributed by atoms with Gasteiger partial charge in [-0.15, -0.1) is 0 Å². The number of para-hydroxylation sites is 1. The van der Waals surface area contributed by atoms with Crippen molar-refractivity contribution in [1.82, 2.24) is 9.88 Å². The summed E-state index contributed by atoms with van der Waals surface area (Å²) in [5.41, 5.74) is -5.63. The zero-order valence-electron chi connectivity index (χ0n) is 15.3. The molecule has 0 bridgehead atoms. The van der Waals surface area contributed by atoms with Crippen LogP contribution in [0.1, 0.15) is 22.8 Å². The Bertz CT molecular complexity index is 1020. The van der Waals surface area contributed by atoms with Gasteiger partial charge in [0.15, 0.2) is 16.5 Å². The number of hydrogen-bond donors (Lipinski definition) is 0. The Hall–Kier alpha value is -2.82. The maximum absolute atomic E-state index is 13.0. The fourth-order valence-electron chi connectivity index (χ4n) is 2.84. The monoisotopic (exact) mass is 430 g/mol. The molecule has 156 valence electrons. The number of carbonyl (C=O) groups excluding carboxylic acids is 1. The first-order valence-electron chi connectivity index (χ1n) is 8.60. The van der Waals surface area contributed by atoms with Crippen LogP contribution in [0, 0.1) is 0 Å². The van der Waals surface area contributed by atoms with Gasteiger partial charge >= 0.3 is 5.51 Å². The van der Waals surface area contributed by atoms with Crippen LogP contribution < -0.4 is 9.47 Å². The number of benzene rings is 1. The number of hydrogen-bond acceptors (Lipinski definition) is 6. The number of alkyl halides is 3. The van der Waals surface area contributed by atoms with Crippen LogP contribution in [-0.4, -0.2) is 49.5 Å². The SMILES string of the molecule is CCN(Cc1cccc2c1OCCO2)C(=O)c1cccnc1S(=O)(=O)C(F)(F)F. The van der Waals surface area contributed by atoms with Gasteiger partial charge < -0.3 is 14.4 Å². The van der Waals surface area contributed by atoms with Crippen LogP contribution >= 0.6 is 0 Å². The summed E-state index contributed by atoms with van der Waals surface area (Å²) in [4.78, 5) is 17.5. The number of fused-ring (bicyclic) bond motifs is 1. The van der Waals surface area contributed by atoms with E-state index in [4.69, 9.17) is 9.47 Å². The van der Waals surface area contributed by atoms with Gasteiger partial charge in [0.2, 0.25) is 0 Å². The Morgan fingerprint density at radius 3 is 2.59 bits per heavy atom. The highest BCUT2D eigenvalue weighted by atomic mass is 32.2. The number of halogens is 3. The molecular weight excluding hydrogens is 413 g/mol. The van der Waals surface area contributed by atoms with Gasteiger partial charge in [-0.1, -0.05) is 12.1 Å². The summed E-state index contributed by atoms with van der Waals surface area (Å²) in [7, 11) is -5.78. The number of aromatic nitrogens is 1. The highest BCUT2D eigenvalue weighted by Gasteiger charge is 2.49. The summed E-state index contributed by atoms with van der Waals surface area (Å²) in [6.45, 7) is 2.42. The fourth-order valence-corrected chi connectivity index (χ4v) is 3.70. The molecule has 0 aliphatic carbocycles. The lowest BCUT2D eigenvalue weighted by atomic mass is 10.1. The minimum absolute atomic E-state index is 0.0116. The predicted molar refractivity (Wildman–Crippen MR) is 95.3 cm³/mol. The first kappa shape index (κ1) is 20.9. The first-order chi connectivity index (χ1) is 13.7. The molecule has 7 nitrogen and oxygen atoms in total. The minimum Gasteiger partial charge on any atom is -0.486 e. The number of rotatable bonds is 5. The highest BCUT2D eigenvalue weighted by molar-refractivity contribution is 7.92. The van der Waals surface area contributed by atoms with E-state index in [-0.39, 0.29) is 13.1 Å². The third kappa shape index (κ3) is 4.00. The Labute approximate surface area is 165 Å². The quantitative estimate of drug-likeness (QED) is 0.725. The standard InChI is InChI=1S/C18H17F3N2O5S/c1-2-23(11-12-5-3-7-14-15(12)28-10-9-27-14)17(24)13-6-4-8-22-16(13)29(25,26)18(19,20)21/h3-8H,2,9-11H2,1H3. The van der Waals surface area contributed by atoms with E-state index >= 15 is 0 Å². The van der Waals surface area contributed by atoms with Gasteiger partial charge in [0.1, 0.15) is 13.2 Å². The summed E-state index contributed by atoms with van der Waals surface area (Å²) in [6.07, 6.45) is 0.893. The van der Waals surface area contributed by atoms with Crippen LogP contribution in [0.2, 0.25) is 0 Å². The molecule has 2 aromatic rings. The lowest BCUT2D eigenvalue weighted by molar-refractivity contribution is -0.0438. The molecule has 3 rings (SSSR count). The molecule has 1 aliphatic rings. The lowest BCUT2D eigenvalue weighted by Crippen LogP contribution is -2.34. The zero-order valence-corrected chi connectivity index (χ0v) is 16.1. The number of sulfone groups is 1. The van der Waals surface area contributed by atoms with Gasteiger partial charge in [0.25, 0.3) is 15.7 Å². The molecule has 11 heteroatoms. The van der Waals surface area contributed by atoms with Crippen molar-refractivity contribution in [3.05, 3.63) is 47.7 Å². The van der Waals surface area contributed by atoms with Crippen molar-refractivity contribution < 1.29 is 35.9 Å². The molecular formula is C18H17F3N2O5S.